The molecule has 0 bridgehead atoms. The zero-order valence-corrected chi connectivity index (χ0v) is 13.7. The van der Waals surface area contributed by atoms with Crippen molar-refractivity contribution in [2.24, 2.45) is 5.92 Å². The van der Waals surface area contributed by atoms with Crippen LogP contribution in [0.5, 0.6) is 11.5 Å². The number of ether oxygens (including phenoxy) is 2. The molecule has 2 aliphatic rings. The highest BCUT2D eigenvalue weighted by Crippen LogP contribution is 2.33. The summed E-state index contributed by atoms with van der Waals surface area (Å²) in [5.74, 6) is 1.52. The second kappa shape index (κ2) is 6.12. The van der Waals surface area contributed by atoms with Crippen molar-refractivity contribution in [3.05, 3.63) is 30.0 Å². The second-order valence-corrected chi connectivity index (χ2v) is 6.05. The van der Waals surface area contributed by atoms with E-state index in [0.29, 0.717) is 42.0 Å². The molecular formula is C17H17N3O5. The molecule has 3 heterocycles. The zero-order valence-electron chi connectivity index (χ0n) is 13.7. The van der Waals surface area contributed by atoms with Gasteiger partial charge >= 0.3 is 0 Å². The third kappa shape index (κ3) is 3.02. The van der Waals surface area contributed by atoms with Crippen molar-refractivity contribution in [1.29, 1.82) is 0 Å². The van der Waals surface area contributed by atoms with Crippen molar-refractivity contribution in [3.63, 3.8) is 0 Å². The van der Waals surface area contributed by atoms with E-state index >= 15 is 0 Å². The topological polar surface area (TPSA) is 93.9 Å². The Balaban J connectivity index is 1.44. The highest BCUT2D eigenvalue weighted by molar-refractivity contribution is 6.03. The van der Waals surface area contributed by atoms with Crippen molar-refractivity contribution < 1.29 is 23.6 Å². The molecule has 1 N–H and O–H groups in total. The lowest BCUT2D eigenvalue weighted by atomic mass is 10.1. The molecule has 2 amide bonds. The fraction of sp³-hybridized carbons (Fsp3) is 0.353. The van der Waals surface area contributed by atoms with E-state index in [2.05, 4.69) is 10.5 Å². The SMILES string of the molecule is Cc1cc(N2CC(C(=O)Nc3ccc4c(c3)OCCO4)CC2=O)no1. The Morgan fingerprint density at radius 2 is 2.04 bits per heavy atom. The minimum atomic E-state index is -0.447. The first-order valence-electron chi connectivity index (χ1n) is 8.04. The largest absolute Gasteiger partial charge is 0.486 e. The van der Waals surface area contributed by atoms with E-state index in [1.165, 1.54) is 4.90 Å². The predicted molar refractivity (Wildman–Crippen MR) is 87.8 cm³/mol. The van der Waals surface area contributed by atoms with Gasteiger partial charge in [0, 0.05) is 30.8 Å². The van der Waals surface area contributed by atoms with E-state index in [0.717, 1.165) is 0 Å². The van der Waals surface area contributed by atoms with Gasteiger partial charge in [0.25, 0.3) is 0 Å². The number of hydrogen-bond acceptors (Lipinski definition) is 6. The van der Waals surface area contributed by atoms with Gasteiger partial charge in [-0.1, -0.05) is 5.16 Å². The van der Waals surface area contributed by atoms with E-state index in [1.807, 2.05) is 0 Å². The van der Waals surface area contributed by atoms with Crippen molar-refractivity contribution in [3.8, 4) is 11.5 Å². The normalized spacial score (nSPS) is 19.2. The Bertz CT molecular complexity index is 831. The lowest BCUT2D eigenvalue weighted by Gasteiger charge is -2.19. The number of nitrogens with one attached hydrogen (secondary N) is 1. The quantitative estimate of drug-likeness (QED) is 0.912. The molecule has 1 aromatic heterocycles. The number of fused-ring (bicyclic) bond motifs is 1. The molecule has 0 radical (unpaired) electrons. The van der Waals surface area contributed by atoms with Crippen molar-refractivity contribution >= 4 is 23.3 Å². The average molecular weight is 343 g/mol. The Morgan fingerprint density at radius 3 is 2.80 bits per heavy atom. The van der Waals surface area contributed by atoms with Crippen molar-refractivity contribution in [2.75, 3.05) is 30.0 Å². The molecule has 8 nitrogen and oxygen atoms in total. The average Bonchev–Trinajstić information content (AvgIpc) is 3.20. The van der Waals surface area contributed by atoms with Gasteiger partial charge in [0.1, 0.15) is 19.0 Å². The van der Waals surface area contributed by atoms with Gasteiger partial charge in [0.2, 0.25) is 11.8 Å². The minimum absolute atomic E-state index is 0.141. The van der Waals surface area contributed by atoms with Crippen LogP contribution < -0.4 is 19.7 Å². The highest BCUT2D eigenvalue weighted by atomic mass is 16.6. The van der Waals surface area contributed by atoms with Crippen LogP contribution in [-0.2, 0) is 9.59 Å². The molecule has 2 aliphatic heterocycles. The Kier molecular flexibility index (Phi) is 3.79. The van der Waals surface area contributed by atoms with Crippen molar-refractivity contribution in [1.82, 2.24) is 5.16 Å². The maximum Gasteiger partial charge on any atom is 0.229 e. The lowest BCUT2D eigenvalue weighted by Crippen LogP contribution is -2.28. The molecular weight excluding hydrogens is 326 g/mol. The predicted octanol–water partition coefficient (Wildman–Crippen LogP) is 1.75. The number of aryl methyl sites for hydroxylation is 1. The molecule has 1 fully saturated rings. The summed E-state index contributed by atoms with van der Waals surface area (Å²) >= 11 is 0. The maximum atomic E-state index is 12.5. The summed E-state index contributed by atoms with van der Waals surface area (Å²) in [5, 5.41) is 6.68. The van der Waals surface area contributed by atoms with E-state index in [9.17, 15) is 9.59 Å². The summed E-state index contributed by atoms with van der Waals surface area (Å²) in [6.45, 7) is 3.03. The number of rotatable bonds is 3. The standard InChI is InChI=1S/C17H17N3O5/c1-10-6-15(19-25-10)20-9-11(7-16(20)21)17(22)18-12-2-3-13-14(8-12)24-5-4-23-13/h2-3,6,8,11H,4-5,7,9H2,1H3,(H,18,22). The summed E-state index contributed by atoms with van der Waals surface area (Å²) in [5.41, 5.74) is 0.609. The van der Waals surface area contributed by atoms with Crippen molar-refractivity contribution in [2.45, 2.75) is 13.3 Å². The summed E-state index contributed by atoms with van der Waals surface area (Å²) in [6.07, 6.45) is 0.141. The van der Waals surface area contributed by atoms with Crippen LogP contribution in [0, 0.1) is 12.8 Å². The molecule has 0 saturated carbocycles. The number of anilines is 2. The third-order valence-electron chi connectivity index (χ3n) is 4.20. The number of aromatic nitrogens is 1. The molecule has 1 atom stereocenters. The Labute approximate surface area is 143 Å². The highest BCUT2D eigenvalue weighted by Gasteiger charge is 2.36. The van der Waals surface area contributed by atoms with Gasteiger partial charge in [-0.3, -0.25) is 14.5 Å². The van der Waals surface area contributed by atoms with Gasteiger partial charge in [-0.25, -0.2) is 0 Å². The summed E-state index contributed by atoms with van der Waals surface area (Å²) in [7, 11) is 0. The molecule has 25 heavy (non-hydrogen) atoms. The second-order valence-electron chi connectivity index (χ2n) is 6.05. The fourth-order valence-corrected chi connectivity index (χ4v) is 2.95. The van der Waals surface area contributed by atoms with Crippen LogP contribution >= 0.6 is 0 Å². The smallest absolute Gasteiger partial charge is 0.229 e. The Hall–Kier alpha value is -3.03. The van der Waals surface area contributed by atoms with Crippen LogP contribution in [0.3, 0.4) is 0 Å². The van der Waals surface area contributed by atoms with Gasteiger partial charge in [-0.15, -0.1) is 0 Å². The minimum Gasteiger partial charge on any atom is -0.486 e. The molecule has 1 unspecified atom stereocenters. The first kappa shape index (κ1) is 15.5. The molecule has 130 valence electrons. The first-order chi connectivity index (χ1) is 12.1. The van der Waals surface area contributed by atoms with Crippen LogP contribution in [0.4, 0.5) is 11.5 Å². The number of benzene rings is 1. The van der Waals surface area contributed by atoms with Crippen LogP contribution in [-0.4, -0.2) is 36.7 Å². The zero-order chi connectivity index (χ0) is 17.4. The molecule has 1 aromatic carbocycles. The number of carbonyl (C=O) groups excluding carboxylic acids is 2. The van der Waals surface area contributed by atoms with Gasteiger partial charge < -0.3 is 19.3 Å². The molecule has 4 rings (SSSR count). The third-order valence-corrected chi connectivity index (χ3v) is 4.20. The lowest BCUT2D eigenvalue weighted by molar-refractivity contribution is -0.122. The van der Waals surface area contributed by atoms with Gasteiger partial charge in [0.05, 0.1) is 5.92 Å². The number of carbonyl (C=O) groups is 2. The summed E-state index contributed by atoms with van der Waals surface area (Å²) in [6, 6.07) is 6.91. The molecule has 8 heteroatoms. The number of hydrogen-bond donors (Lipinski definition) is 1. The maximum absolute atomic E-state index is 12.5. The Morgan fingerprint density at radius 1 is 1.24 bits per heavy atom. The van der Waals surface area contributed by atoms with Gasteiger partial charge in [-0.05, 0) is 19.1 Å². The van der Waals surface area contributed by atoms with E-state index < -0.39 is 5.92 Å². The molecule has 2 aromatic rings. The van der Waals surface area contributed by atoms with Crippen LogP contribution in [0.1, 0.15) is 12.2 Å². The fourth-order valence-electron chi connectivity index (χ4n) is 2.95. The first-order valence-corrected chi connectivity index (χ1v) is 8.04. The molecule has 0 aliphatic carbocycles. The van der Waals surface area contributed by atoms with Gasteiger partial charge in [-0.2, -0.15) is 0 Å². The van der Waals surface area contributed by atoms with E-state index in [-0.39, 0.29) is 24.8 Å². The summed E-state index contributed by atoms with van der Waals surface area (Å²) < 4.78 is 16.0. The van der Waals surface area contributed by atoms with E-state index in [4.69, 9.17) is 14.0 Å². The molecule has 1 saturated heterocycles. The van der Waals surface area contributed by atoms with Crippen LogP contribution in [0.25, 0.3) is 0 Å². The molecule has 0 spiro atoms. The van der Waals surface area contributed by atoms with Crippen LogP contribution in [0.2, 0.25) is 0 Å². The van der Waals surface area contributed by atoms with E-state index in [1.54, 1.807) is 31.2 Å². The monoisotopic (exact) mass is 343 g/mol. The number of amides is 2. The van der Waals surface area contributed by atoms with Crippen LogP contribution in [0.15, 0.2) is 28.8 Å². The van der Waals surface area contributed by atoms with Gasteiger partial charge in [0.15, 0.2) is 17.3 Å². The number of nitrogens with zero attached hydrogens (tertiary/aromatic N) is 2. The summed E-state index contributed by atoms with van der Waals surface area (Å²) in [4.78, 5) is 26.2.